The predicted molar refractivity (Wildman–Crippen MR) is 114 cm³/mol. The Labute approximate surface area is 176 Å². The van der Waals surface area contributed by atoms with Gasteiger partial charge in [-0.3, -0.25) is 9.59 Å². The molecule has 7 heteroatoms. The number of benzene rings is 2. The van der Waals surface area contributed by atoms with E-state index in [1.807, 2.05) is 23.1 Å². The normalized spacial score (nSPS) is 13.1. The van der Waals surface area contributed by atoms with Gasteiger partial charge in [0, 0.05) is 31.3 Å². The zero-order valence-electron chi connectivity index (χ0n) is 17.5. The number of hydrogen-bond donors (Lipinski definition) is 1. The molecule has 3 rings (SSSR count). The van der Waals surface area contributed by atoms with Gasteiger partial charge in [-0.25, -0.2) is 0 Å². The van der Waals surface area contributed by atoms with E-state index in [0.29, 0.717) is 24.3 Å². The molecule has 1 N–H and O–H groups in total. The fourth-order valence-electron chi connectivity index (χ4n) is 3.42. The van der Waals surface area contributed by atoms with Crippen LogP contribution >= 0.6 is 0 Å². The van der Waals surface area contributed by atoms with Crippen molar-refractivity contribution in [3.63, 3.8) is 0 Å². The van der Waals surface area contributed by atoms with Crippen LogP contribution in [0.5, 0.6) is 17.2 Å². The van der Waals surface area contributed by atoms with E-state index in [2.05, 4.69) is 5.32 Å². The maximum absolute atomic E-state index is 12.4. The molecular formula is C23H28N2O5. The molecule has 0 atom stereocenters. The van der Waals surface area contributed by atoms with Crippen LogP contribution in [-0.2, 0) is 16.0 Å². The summed E-state index contributed by atoms with van der Waals surface area (Å²) in [6.07, 6.45) is 2.92. The first-order valence-electron chi connectivity index (χ1n) is 10.1. The van der Waals surface area contributed by atoms with E-state index in [4.69, 9.17) is 14.2 Å². The van der Waals surface area contributed by atoms with Crippen molar-refractivity contribution in [2.45, 2.75) is 25.7 Å². The Balaban J connectivity index is 1.52. The molecule has 1 heterocycles. The summed E-state index contributed by atoms with van der Waals surface area (Å²) in [4.78, 5) is 26.3. The number of rotatable bonds is 9. The Bertz CT molecular complexity index is 878. The second-order valence-corrected chi connectivity index (χ2v) is 7.13. The van der Waals surface area contributed by atoms with Gasteiger partial charge in [-0.15, -0.1) is 0 Å². The molecule has 0 unspecified atom stereocenters. The molecule has 1 aliphatic rings. The quantitative estimate of drug-likeness (QED) is 0.684. The average molecular weight is 412 g/mol. The lowest BCUT2D eigenvalue weighted by Gasteiger charge is -2.16. The van der Waals surface area contributed by atoms with Crippen molar-refractivity contribution in [2.24, 2.45) is 0 Å². The van der Waals surface area contributed by atoms with Crippen molar-refractivity contribution in [1.82, 2.24) is 4.90 Å². The number of amides is 2. The fraction of sp³-hybridized carbons (Fsp3) is 0.391. The molecule has 0 spiro atoms. The molecule has 0 aromatic heterocycles. The topological polar surface area (TPSA) is 77.1 Å². The number of anilines is 1. The third kappa shape index (κ3) is 5.89. The first kappa shape index (κ1) is 21.5. The van der Waals surface area contributed by atoms with Gasteiger partial charge in [0.25, 0.3) is 5.91 Å². The standard InChI is InChI=1S/C23H28N2O5/c1-28-19-9-10-21(29-2)17(14-19)8-11-22(26)24-18-6-5-7-20(15-18)30-16-23(27)25-12-3-4-13-25/h5-7,9-10,14-15H,3-4,8,11-13,16H2,1-2H3,(H,24,26). The molecule has 1 saturated heterocycles. The number of methoxy groups -OCH3 is 2. The minimum Gasteiger partial charge on any atom is -0.497 e. The maximum Gasteiger partial charge on any atom is 0.260 e. The zero-order valence-corrected chi connectivity index (χ0v) is 17.5. The lowest BCUT2D eigenvalue weighted by Crippen LogP contribution is -2.32. The van der Waals surface area contributed by atoms with Crippen LogP contribution in [0.1, 0.15) is 24.8 Å². The van der Waals surface area contributed by atoms with Crippen LogP contribution in [0.4, 0.5) is 5.69 Å². The van der Waals surface area contributed by atoms with Gasteiger partial charge in [-0.1, -0.05) is 6.07 Å². The molecule has 2 aromatic carbocycles. The van der Waals surface area contributed by atoms with E-state index < -0.39 is 0 Å². The number of likely N-dealkylation sites (tertiary alicyclic amines) is 1. The Kier molecular flexibility index (Phi) is 7.54. The highest BCUT2D eigenvalue weighted by Gasteiger charge is 2.18. The van der Waals surface area contributed by atoms with Crippen molar-refractivity contribution >= 4 is 17.5 Å². The minimum atomic E-state index is -0.120. The van der Waals surface area contributed by atoms with E-state index in [-0.39, 0.29) is 18.4 Å². The van der Waals surface area contributed by atoms with E-state index in [9.17, 15) is 9.59 Å². The Morgan fingerprint density at radius 3 is 2.53 bits per heavy atom. The number of ether oxygens (including phenoxy) is 3. The first-order chi connectivity index (χ1) is 14.6. The molecule has 1 fully saturated rings. The summed E-state index contributed by atoms with van der Waals surface area (Å²) in [5.74, 6) is 1.87. The highest BCUT2D eigenvalue weighted by molar-refractivity contribution is 5.91. The molecule has 0 aliphatic carbocycles. The fourth-order valence-corrected chi connectivity index (χ4v) is 3.42. The molecule has 2 aromatic rings. The number of hydrogen-bond acceptors (Lipinski definition) is 5. The molecule has 160 valence electrons. The number of aryl methyl sites for hydroxylation is 1. The number of carbonyl (C=O) groups excluding carboxylic acids is 2. The van der Waals surface area contributed by atoms with Crippen LogP contribution in [0.3, 0.4) is 0 Å². The molecule has 0 bridgehead atoms. The van der Waals surface area contributed by atoms with Gasteiger partial charge < -0.3 is 24.4 Å². The Morgan fingerprint density at radius 2 is 1.80 bits per heavy atom. The van der Waals surface area contributed by atoms with E-state index in [0.717, 1.165) is 43.0 Å². The van der Waals surface area contributed by atoms with E-state index in [1.54, 1.807) is 38.5 Å². The van der Waals surface area contributed by atoms with Gasteiger partial charge in [-0.05, 0) is 55.2 Å². The van der Waals surface area contributed by atoms with Crippen LogP contribution in [0.2, 0.25) is 0 Å². The van der Waals surface area contributed by atoms with Crippen LogP contribution in [0.15, 0.2) is 42.5 Å². The Morgan fingerprint density at radius 1 is 1.00 bits per heavy atom. The van der Waals surface area contributed by atoms with Gasteiger partial charge in [0.2, 0.25) is 5.91 Å². The van der Waals surface area contributed by atoms with Gasteiger partial charge in [0.1, 0.15) is 17.2 Å². The third-order valence-corrected chi connectivity index (χ3v) is 5.05. The second-order valence-electron chi connectivity index (χ2n) is 7.13. The molecular weight excluding hydrogens is 384 g/mol. The summed E-state index contributed by atoms with van der Waals surface area (Å²) in [6.45, 7) is 1.61. The van der Waals surface area contributed by atoms with Crippen LogP contribution < -0.4 is 19.5 Å². The number of carbonyl (C=O) groups is 2. The predicted octanol–water partition coefficient (Wildman–Crippen LogP) is 3.28. The SMILES string of the molecule is COc1ccc(OC)c(CCC(=O)Nc2cccc(OCC(=O)N3CCCC3)c2)c1. The number of nitrogens with one attached hydrogen (secondary N) is 1. The van der Waals surface area contributed by atoms with Crippen LogP contribution in [0.25, 0.3) is 0 Å². The first-order valence-corrected chi connectivity index (χ1v) is 10.1. The van der Waals surface area contributed by atoms with Crippen molar-refractivity contribution in [2.75, 3.05) is 39.2 Å². The van der Waals surface area contributed by atoms with Gasteiger partial charge in [0.05, 0.1) is 14.2 Å². The molecule has 30 heavy (non-hydrogen) atoms. The lowest BCUT2D eigenvalue weighted by atomic mass is 10.1. The smallest absolute Gasteiger partial charge is 0.260 e. The maximum atomic E-state index is 12.4. The zero-order chi connectivity index (χ0) is 21.3. The molecule has 1 aliphatic heterocycles. The third-order valence-electron chi connectivity index (χ3n) is 5.05. The monoisotopic (exact) mass is 412 g/mol. The molecule has 2 amide bonds. The highest BCUT2D eigenvalue weighted by atomic mass is 16.5. The van der Waals surface area contributed by atoms with Crippen LogP contribution in [0, 0.1) is 0 Å². The molecule has 0 radical (unpaired) electrons. The summed E-state index contributed by atoms with van der Waals surface area (Å²) in [5, 5.41) is 2.88. The van der Waals surface area contributed by atoms with Gasteiger partial charge >= 0.3 is 0 Å². The van der Waals surface area contributed by atoms with E-state index in [1.165, 1.54) is 0 Å². The summed E-state index contributed by atoms with van der Waals surface area (Å²) < 4.78 is 16.2. The average Bonchev–Trinajstić information content (AvgIpc) is 3.31. The molecule has 0 saturated carbocycles. The van der Waals surface area contributed by atoms with Gasteiger partial charge in [0.15, 0.2) is 6.61 Å². The van der Waals surface area contributed by atoms with E-state index >= 15 is 0 Å². The highest BCUT2D eigenvalue weighted by Crippen LogP contribution is 2.25. The summed E-state index contributed by atoms with van der Waals surface area (Å²) in [7, 11) is 3.21. The Hall–Kier alpha value is -3.22. The molecule has 7 nitrogen and oxygen atoms in total. The summed E-state index contributed by atoms with van der Waals surface area (Å²) in [6, 6.07) is 12.6. The van der Waals surface area contributed by atoms with Crippen molar-refractivity contribution in [3.05, 3.63) is 48.0 Å². The second kappa shape index (κ2) is 10.5. The number of nitrogens with zero attached hydrogens (tertiary/aromatic N) is 1. The van der Waals surface area contributed by atoms with Crippen molar-refractivity contribution in [1.29, 1.82) is 0 Å². The van der Waals surface area contributed by atoms with Crippen molar-refractivity contribution < 1.29 is 23.8 Å². The lowest BCUT2D eigenvalue weighted by molar-refractivity contribution is -0.132. The van der Waals surface area contributed by atoms with Crippen LogP contribution in [-0.4, -0.2) is 50.6 Å². The van der Waals surface area contributed by atoms with Gasteiger partial charge in [-0.2, -0.15) is 0 Å². The summed E-state index contributed by atoms with van der Waals surface area (Å²) >= 11 is 0. The minimum absolute atomic E-state index is 0.00539. The summed E-state index contributed by atoms with van der Waals surface area (Å²) in [5.41, 5.74) is 1.54. The van der Waals surface area contributed by atoms with Crippen molar-refractivity contribution in [3.8, 4) is 17.2 Å². The largest absolute Gasteiger partial charge is 0.497 e.